The Bertz CT molecular complexity index is 184. The first-order valence-electron chi connectivity index (χ1n) is 4.73. The van der Waals surface area contributed by atoms with Crippen LogP contribution in [-0.2, 0) is 0 Å². The van der Waals surface area contributed by atoms with Gasteiger partial charge in [0.05, 0.1) is 0 Å². The molecule has 3 saturated carbocycles. The summed E-state index contributed by atoms with van der Waals surface area (Å²) in [7, 11) is 0. The smallest absolute Gasteiger partial charge is 0.0261 e. The minimum absolute atomic E-state index is 0.825. The van der Waals surface area contributed by atoms with E-state index in [-0.39, 0.29) is 0 Å². The highest BCUT2D eigenvalue weighted by Crippen LogP contribution is 2.76. The molecule has 0 aromatic rings. The Hall–Kier alpha value is 0. The summed E-state index contributed by atoms with van der Waals surface area (Å²) in [6.07, 6.45) is 4.70. The lowest BCUT2D eigenvalue weighted by Crippen LogP contribution is -2.24. The van der Waals surface area contributed by atoms with E-state index in [1.54, 1.807) is 19.3 Å². The van der Waals surface area contributed by atoms with Crippen LogP contribution in [0.2, 0.25) is 0 Å². The van der Waals surface area contributed by atoms with Crippen molar-refractivity contribution in [2.75, 3.05) is 0 Å². The molecule has 0 amide bonds. The molecular weight excluding hydrogens is 120 g/mol. The molecule has 0 aromatic carbocycles. The van der Waals surface area contributed by atoms with Gasteiger partial charge in [-0.1, -0.05) is 13.8 Å². The minimum Gasteiger partial charge on any atom is -0.0617 e. The molecule has 3 aliphatic carbocycles. The van der Waals surface area contributed by atoms with Crippen LogP contribution in [0, 0.1) is 29.1 Å². The van der Waals surface area contributed by atoms with Gasteiger partial charge in [0.25, 0.3) is 0 Å². The predicted octanol–water partition coefficient (Wildman–Crippen LogP) is 2.69. The Labute approximate surface area is 63.0 Å². The van der Waals surface area contributed by atoms with Gasteiger partial charge in [-0.15, -0.1) is 0 Å². The quantitative estimate of drug-likeness (QED) is 0.480. The SMILES string of the molecule is CC1C2C3CC[C@H]3CC12C. The first-order chi connectivity index (χ1) is 4.73. The van der Waals surface area contributed by atoms with Crippen molar-refractivity contribution in [2.45, 2.75) is 33.1 Å². The maximum absolute atomic E-state index is 2.51. The van der Waals surface area contributed by atoms with Crippen molar-refractivity contribution in [2.24, 2.45) is 29.1 Å². The fourth-order valence-corrected chi connectivity index (χ4v) is 3.91. The fourth-order valence-electron chi connectivity index (χ4n) is 3.91. The number of hydrogen-bond acceptors (Lipinski definition) is 0. The van der Waals surface area contributed by atoms with E-state index < -0.39 is 0 Å². The zero-order valence-electron chi connectivity index (χ0n) is 6.93. The molecule has 0 bridgehead atoms. The van der Waals surface area contributed by atoms with Crippen LogP contribution in [0.15, 0.2) is 0 Å². The molecule has 0 aromatic heterocycles. The van der Waals surface area contributed by atoms with Crippen molar-refractivity contribution < 1.29 is 0 Å². The third-order valence-corrected chi connectivity index (χ3v) is 4.87. The Morgan fingerprint density at radius 2 is 2.10 bits per heavy atom. The van der Waals surface area contributed by atoms with Gasteiger partial charge >= 0.3 is 0 Å². The van der Waals surface area contributed by atoms with E-state index in [2.05, 4.69) is 13.8 Å². The second-order valence-corrected chi connectivity index (χ2v) is 5.03. The second kappa shape index (κ2) is 1.31. The molecule has 4 unspecified atom stereocenters. The standard InChI is InChI=1S/C10H16/c1-6-9-8-4-3-7(8)5-10(6,9)2/h6-9H,3-5H2,1-2H3/t6?,7-,8?,9?,10?/m0/s1. The van der Waals surface area contributed by atoms with Crippen LogP contribution in [0.4, 0.5) is 0 Å². The fraction of sp³-hybridized carbons (Fsp3) is 1.00. The number of hydrogen-bond donors (Lipinski definition) is 0. The molecule has 3 rings (SSSR count). The zero-order valence-corrected chi connectivity index (χ0v) is 6.93. The highest BCUT2D eigenvalue weighted by Gasteiger charge is 2.69. The van der Waals surface area contributed by atoms with Gasteiger partial charge in [0, 0.05) is 0 Å². The monoisotopic (exact) mass is 136 g/mol. The highest BCUT2D eigenvalue weighted by molar-refractivity contribution is 5.17. The lowest BCUT2D eigenvalue weighted by atomic mass is 9.72. The zero-order chi connectivity index (χ0) is 6.93. The molecule has 0 spiro atoms. The molecule has 0 radical (unpaired) electrons. The van der Waals surface area contributed by atoms with Gasteiger partial charge in [-0.25, -0.2) is 0 Å². The summed E-state index contributed by atoms with van der Waals surface area (Å²) in [5.74, 6) is 4.59. The van der Waals surface area contributed by atoms with Crippen LogP contribution in [0.5, 0.6) is 0 Å². The van der Waals surface area contributed by atoms with Gasteiger partial charge in [0.1, 0.15) is 0 Å². The van der Waals surface area contributed by atoms with E-state index in [9.17, 15) is 0 Å². The summed E-state index contributed by atoms with van der Waals surface area (Å²) < 4.78 is 0. The molecule has 0 aliphatic heterocycles. The van der Waals surface area contributed by atoms with Crippen LogP contribution >= 0.6 is 0 Å². The highest BCUT2D eigenvalue weighted by atomic mass is 14.7. The van der Waals surface area contributed by atoms with Gasteiger partial charge < -0.3 is 0 Å². The molecule has 56 valence electrons. The molecular formula is C10H16. The maximum atomic E-state index is 2.51. The Kier molecular flexibility index (Phi) is 0.735. The van der Waals surface area contributed by atoms with E-state index in [4.69, 9.17) is 0 Å². The molecule has 0 N–H and O–H groups in total. The average molecular weight is 136 g/mol. The van der Waals surface area contributed by atoms with E-state index >= 15 is 0 Å². The van der Waals surface area contributed by atoms with E-state index in [0.29, 0.717) is 0 Å². The van der Waals surface area contributed by atoms with Crippen molar-refractivity contribution in [3.05, 3.63) is 0 Å². The van der Waals surface area contributed by atoms with Gasteiger partial charge in [0.15, 0.2) is 0 Å². The maximum Gasteiger partial charge on any atom is -0.0261 e. The first kappa shape index (κ1) is 5.62. The summed E-state index contributed by atoms with van der Waals surface area (Å²) in [6.45, 7) is 4.97. The number of fused-ring (bicyclic) bond motifs is 3. The minimum atomic E-state index is 0.825. The third kappa shape index (κ3) is 0.383. The summed E-state index contributed by atoms with van der Waals surface area (Å²) in [4.78, 5) is 0. The summed E-state index contributed by atoms with van der Waals surface area (Å²) in [5.41, 5.74) is 0.825. The van der Waals surface area contributed by atoms with Crippen LogP contribution in [0.1, 0.15) is 33.1 Å². The van der Waals surface area contributed by atoms with E-state index in [1.165, 1.54) is 11.8 Å². The van der Waals surface area contributed by atoms with Crippen LogP contribution in [-0.4, -0.2) is 0 Å². The molecule has 3 fully saturated rings. The molecule has 10 heavy (non-hydrogen) atoms. The Morgan fingerprint density at radius 1 is 1.30 bits per heavy atom. The van der Waals surface area contributed by atoms with E-state index in [1.807, 2.05) is 0 Å². The Morgan fingerprint density at radius 3 is 2.50 bits per heavy atom. The molecule has 0 nitrogen and oxygen atoms in total. The summed E-state index contributed by atoms with van der Waals surface area (Å²) in [6, 6.07) is 0. The number of rotatable bonds is 0. The van der Waals surface area contributed by atoms with Crippen molar-refractivity contribution >= 4 is 0 Å². The summed E-state index contributed by atoms with van der Waals surface area (Å²) in [5, 5.41) is 0. The molecule has 0 heterocycles. The van der Waals surface area contributed by atoms with Gasteiger partial charge in [-0.2, -0.15) is 0 Å². The van der Waals surface area contributed by atoms with Gasteiger partial charge in [-0.3, -0.25) is 0 Å². The van der Waals surface area contributed by atoms with Crippen molar-refractivity contribution in [1.29, 1.82) is 0 Å². The van der Waals surface area contributed by atoms with Crippen LogP contribution < -0.4 is 0 Å². The van der Waals surface area contributed by atoms with Crippen molar-refractivity contribution in [3.8, 4) is 0 Å². The molecule has 0 heteroatoms. The largest absolute Gasteiger partial charge is 0.0617 e. The topological polar surface area (TPSA) is 0 Å². The predicted molar refractivity (Wildman–Crippen MR) is 41.6 cm³/mol. The normalized spacial score (nSPS) is 70.2. The lowest BCUT2D eigenvalue weighted by Gasteiger charge is -2.33. The first-order valence-corrected chi connectivity index (χ1v) is 4.73. The summed E-state index contributed by atoms with van der Waals surface area (Å²) >= 11 is 0. The van der Waals surface area contributed by atoms with Crippen LogP contribution in [0.3, 0.4) is 0 Å². The molecule has 0 saturated heterocycles. The van der Waals surface area contributed by atoms with Crippen molar-refractivity contribution in [1.82, 2.24) is 0 Å². The van der Waals surface area contributed by atoms with E-state index in [0.717, 1.165) is 17.3 Å². The lowest BCUT2D eigenvalue weighted by molar-refractivity contribution is 0.166. The van der Waals surface area contributed by atoms with Gasteiger partial charge in [-0.05, 0) is 48.3 Å². The van der Waals surface area contributed by atoms with Crippen LogP contribution in [0.25, 0.3) is 0 Å². The average Bonchev–Trinajstić information content (AvgIpc) is 2.25. The molecule has 5 atom stereocenters. The third-order valence-electron chi connectivity index (χ3n) is 4.87. The second-order valence-electron chi connectivity index (χ2n) is 5.03. The van der Waals surface area contributed by atoms with Crippen molar-refractivity contribution in [3.63, 3.8) is 0 Å². The molecule has 3 aliphatic rings. The Balaban J connectivity index is 1.92. The van der Waals surface area contributed by atoms with Gasteiger partial charge in [0.2, 0.25) is 0 Å².